The second kappa shape index (κ2) is 7.25. The maximum atomic E-state index is 11.8. The first-order chi connectivity index (χ1) is 13.3. The van der Waals surface area contributed by atoms with Gasteiger partial charge in [0.25, 0.3) is 0 Å². The van der Waals surface area contributed by atoms with Gasteiger partial charge in [0.05, 0.1) is 23.8 Å². The average Bonchev–Trinajstić information content (AvgIpc) is 3.11. The molecule has 0 N–H and O–H groups in total. The number of hydrogen-bond acceptors (Lipinski definition) is 5. The largest absolute Gasteiger partial charge is 0.328 e. The molecule has 0 aliphatic carbocycles. The number of hydrogen-bond donors (Lipinski definition) is 0. The van der Waals surface area contributed by atoms with Crippen LogP contribution in [-0.4, -0.2) is 51.6 Å². The van der Waals surface area contributed by atoms with E-state index in [0.717, 1.165) is 40.8 Å². The number of imidazole rings is 1. The van der Waals surface area contributed by atoms with Crippen molar-refractivity contribution in [1.29, 1.82) is 0 Å². The van der Waals surface area contributed by atoms with Crippen LogP contribution in [0.1, 0.15) is 44.3 Å². The molecular weight excluding hydrogens is 374 g/mol. The molecule has 0 saturated carbocycles. The topological polar surface area (TPSA) is 81.0 Å². The first kappa shape index (κ1) is 19.0. The molecule has 4 heterocycles. The summed E-state index contributed by atoms with van der Waals surface area (Å²) in [6, 6.07) is 6.32. The van der Waals surface area contributed by atoms with E-state index in [1.165, 1.54) is 6.26 Å². The van der Waals surface area contributed by atoms with Crippen LogP contribution in [0.2, 0.25) is 0 Å². The van der Waals surface area contributed by atoms with Crippen molar-refractivity contribution < 1.29 is 8.42 Å². The number of pyridine rings is 2. The van der Waals surface area contributed by atoms with Gasteiger partial charge < -0.3 is 4.57 Å². The summed E-state index contributed by atoms with van der Waals surface area (Å²) in [7, 11) is -3.14. The summed E-state index contributed by atoms with van der Waals surface area (Å²) in [6.07, 6.45) is 8.25. The lowest BCUT2D eigenvalue weighted by molar-refractivity contribution is 0.319. The van der Waals surface area contributed by atoms with E-state index in [2.05, 4.69) is 34.4 Å². The molecule has 7 nitrogen and oxygen atoms in total. The Labute approximate surface area is 165 Å². The fourth-order valence-electron chi connectivity index (χ4n) is 3.86. The average molecular weight is 400 g/mol. The van der Waals surface area contributed by atoms with Gasteiger partial charge in [-0.15, -0.1) is 0 Å². The van der Waals surface area contributed by atoms with Gasteiger partial charge in [0, 0.05) is 48.7 Å². The summed E-state index contributed by atoms with van der Waals surface area (Å²) >= 11 is 0. The monoisotopic (exact) mass is 399 g/mol. The molecule has 3 aromatic heterocycles. The number of piperidine rings is 1. The van der Waals surface area contributed by atoms with Crippen LogP contribution in [0, 0.1) is 0 Å². The van der Waals surface area contributed by atoms with Crippen LogP contribution < -0.4 is 0 Å². The van der Waals surface area contributed by atoms with Gasteiger partial charge in [-0.1, -0.05) is 0 Å². The number of sulfonamides is 1. The number of rotatable bonds is 4. The molecule has 8 heteroatoms. The molecule has 0 bridgehead atoms. The Balaban J connectivity index is 1.78. The van der Waals surface area contributed by atoms with Gasteiger partial charge in [-0.3, -0.25) is 9.97 Å². The van der Waals surface area contributed by atoms with Gasteiger partial charge in [0.1, 0.15) is 5.52 Å². The van der Waals surface area contributed by atoms with E-state index in [-0.39, 0.29) is 12.0 Å². The summed E-state index contributed by atoms with van der Waals surface area (Å²) < 4.78 is 27.4. The Morgan fingerprint density at radius 3 is 2.57 bits per heavy atom. The van der Waals surface area contributed by atoms with E-state index in [1.54, 1.807) is 10.5 Å². The molecule has 0 atom stereocenters. The lowest BCUT2D eigenvalue weighted by Gasteiger charge is -2.30. The highest BCUT2D eigenvalue weighted by Crippen LogP contribution is 2.34. The number of aromatic nitrogens is 4. The molecule has 0 aromatic carbocycles. The van der Waals surface area contributed by atoms with Gasteiger partial charge in [-0.05, 0) is 44.9 Å². The minimum Gasteiger partial charge on any atom is -0.328 e. The maximum absolute atomic E-state index is 11.8. The Morgan fingerprint density at radius 1 is 1.21 bits per heavy atom. The molecule has 148 valence electrons. The molecule has 0 amide bonds. The Kier molecular flexibility index (Phi) is 4.93. The van der Waals surface area contributed by atoms with E-state index >= 15 is 0 Å². The van der Waals surface area contributed by atoms with Crippen molar-refractivity contribution in [2.24, 2.45) is 0 Å². The first-order valence-electron chi connectivity index (χ1n) is 9.57. The summed E-state index contributed by atoms with van der Waals surface area (Å²) in [4.78, 5) is 13.8. The van der Waals surface area contributed by atoms with Crippen molar-refractivity contribution in [2.75, 3.05) is 19.3 Å². The number of nitrogens with zero attached hydrogens (tertiary/aromatic N) is 5. The van der Waals surface area contributed by atoms with E-state index in [4.69, 9.17) is 4.98 Å². The summed E-state index contributed by atoms with van der Waals surface area (Å²) in [5.74, 6) is 0.230. The lowest BCUT2D eigenvalue weighted by atomic mass is 9.93. The number of fused-ring (bicyclic) bond motifs is 1. The van der Waals surface area contributed by atoms with Crippen LogP contribution in [-0.2, 0) is 10.0 Å². The zero-order valence-corrected chi connectivity index (χ0v) is 17.2. The van der Waals surface area contributed by atoms with Crippen LogP contribution in [0.25, 0.3) is 22.3 Å². The van der Waals surface area contributed by atoms with Crippen molar-refractivity contribution in [3.8, 4) is 11.3 Å². The molecule has 1 fully saturated rings. The Bertz CT molecular complexity index is 1080. The van der Waals surface area contributed by atoms with E-state index in [0.29, 0.717) is 13.1 Å². The zero-order chi connectivity index (χ0) is 19.9. The SMILES string of the molecule is CC(C)n1cnc2c(-c3cccnc3)nc(C3CCN(S(C)(=O)=O)CC3)cc21. The van der Waals surface area contributed by atoms with Gasteiger partial charge in [-0.2, -0.15) is 0 Å². The van der Waals surface area contributed by atoms with Gasteiger partial charge >= 0.3 is 0 Å². The van der Waals surface area contributed by atoms with E-state index in [9.17, 15) is 8.42 Å². The molecule has 1 saturated heterocycles. The highest BCUT2D eigenvalue weighted by molar-refractivity contribution is 7.88. The van der Waals surface area contributed by atoms with Gasteiger partial charge in [0.15, 0.2) is 0 Å². The summed E-state index contributed by atoms with van der Waals surface area (Å²) in [5.41, 5.74) is 4.72. The molecule has 0 spiro atoms. The van der Waals surface area contributed by atoms with Crippen LogP contribution >= 0.6 is 0 Å². The van der Waals surface area contributed by atoms with Gasteiger partial charge in [0.2, 0.25) is 10.0 Å². The highest BCUT2D eigenvalue weighted by Gasteiger charge is 2.27. The molecule has 1 aliphatic rings. The van der Waals surface area contributed by atoms with Crippen molar-refractivity contribution in [2.45, 2.75) is 38.6 Å². The molecule has 28 heavy (non-hydrogen) atoms. The summed E-state index contributed by atoms with van der Waals surface area (Å²) in [5, 5.41) is 0. The maximum Gasteiger partial charge on any atom is 0.211 e. The Hall–Kier alpha value is -2.32. The van der Waals surface area contributed by atoms with Crippen LogP contribution in [0.4, 0.5) is 0 Å². The molecule has 3 aromatic rings. The van der Waals surface area contributed by atoms with Crippen molar-refractivity contribution in [3.05, 3.63) is 42.6 Å². The molecule has 0 unspecified atom stereocenters. The Morgan fingerprint density at radius 2 is 1.96 bits per heavy atom. The predicted octanol–water partition coefficient (Wildman–Crippen LogP) is 3.21. The van der Waals surface area contributed by atoms with E-state index < -0.39 is 10.0 Å². The van der Waals surface area contributed by atoms with Crippen LogP contribution in [0.3, 0.4) is 0 Å². The third-order valence-electron chi connectivity index (χ3n) is 5.41. The molecule has 1 aliphatic heterocycles. The standard InChI is InChI=1S/C20H25N5O2S/c1-14(2)25-13-22-20-18(25)11-17(23-19(20)16-5-4-8-21-12-16)15-6-9-24(10-7-15)28(3,26)27/h4-5,8,11-15H,6-7,9-10H2,1-3H3. The van der Waals surface area contributed by atoms with Crippen LogP contribution in [0.15, 0.2) is 36.9 Å². The minimum absolute atomic E-state index is 0.230. The predicted molar refractivity (Wildman–Crippen MR) is 110 cm³/mol. The van der Waals surface area contributed by atoms with Crippen LogP contribution in [0.5, 0.6) is 0 Å². The fourth-order valence-corrected chi connectivity index (χ4v) is 4.73. The second-order valence-electron chi connectivity index (χ2n) is 7.69. The summed E-state index contributed by atoms with van der Waals surface area (Å²) in [6.45, 7) is 5.34. The normalized spacial score (nSPS) is 16.9. The van der Waals surface area contributed by atoms with E-state index in [1.807, 2.05) is 24.7 Å². The quantitative estimate of drug-likeness (QED) is 0.673. The third kappa shape index (κ3) is 3.54. The molecule has 0 radical (unpaired) electrons. The smallest absolute Gasteiger partial charge is 0.211 e. The lowest BCUT2D eigenvalue weighted by Crippen LogP contribution is -2.37. The minimum atomic E-state index is -3.14. The van der Waals surface area contributed by atoms with Crippen molar-refractivity contribution in [1.82, 2.24) is 23.8 Å². The zero-order valence-electron chi connectivity index (χ0n) is 16.4. The first-order valence-corrected chi connectivity index (χ1v) is 11.4. The van der Waals surface area contributed by atoms with Gasteiger partial charge in [-0.25, -0.2) is 17.7 Å². The fraction of sp³-hybridized carbons (Fsp3) is 0.450. The molecular formula is C20H25N5O2S. The van der Waals surface area contributed by atoms with Crippen molar-refractivity contribution >= 4 is 21.1 Å². The second-order valence-corrected chi connectivity index (χ2v) is 9.67. The third-order valence-corrected chi connectivity index (χ3v) is 6.72. The van der Waals surface area contributed by atoms with Crippen molar-refractivity contribution in [3.63, 3.8) is 0 Å². The molecule has 4 rings (SSSR count). The highest BCUT2D eigenvalue weighted by atomic mass is 32.2.